The largest absolute Gasteiger partial charge is 0.573 e. The van der Waals surface area contributed by atoms with Gasteiger partial charge < -0.3 is 20.3 Å². The molecule has 0 bridgehead atoms. The van der Waals surface area contributed by atoms with Crippen LogP contribution in [-0.4, -0.2) is 52.3 Å². The first-order valence-corrected chi connectivity index (χ1v) is 12.9. The van der Waals surface area contributed by atoms with Crippen LogP contribution in [0.25, 0.3) is 11.4 Å². The molecular weight excluding hydrogens is 511 g/mol. The van der Waals surface area contributed by atoms with Crippen molar-refractivity contribution in [3.63, 3.8) is 0 Å². The van der Waals surface area contributed by atoms with E-state index >= 15 is 0 Å². The van der Waals surface area contributed by atoms with Crippen LogP contribution in [0, 0.1) is 18.3 Å². The number of halogens is 3. The molecule has 3 aromatic rings. The lowest BCUT2D eigenvalue weighted by Gasteiger charge is -2.37. The molecule has 0 aromatic carbocycles. The van der Waals surface area contributed by atoms with Gasteiger partial charge in [0.2, 0.25) is 5.91 Å². The summed E-state index contributed by atoms with van der Waals surface area (Å²) in [6.07, 6.45) is 4.54. The molecular formula is C27H30F3N7O2. The third kappa shape index (κ3) is 6.21. The van der Waals surface area contributed by atoms with Crippen LogP contribution >= 0.6 is 0 Å². The fraction of sp³-hybridized carbons (Fsp3) is 0.444. The number of hydrogen-bond acceptors (Lipinski definition) is 8. The van der Waals surface area contributed by atoms with Gasteiger partial charge >= 0.3 is 6.36 Å². The van der Waals surface area contributed by atoms with E-state index < -0.39 is 6.36 Å². The Kier molecular flexibility index (Phi) is 7.28. The van der Waals surface area contributed by atoms with Gasteiger partial charge in [-0.25, -0.2) is 15.0 Å². The molecule has 39 heavy (non-hydrogen) atoms. The van der Waals surface area contributed by atoms with Gasteiger partial charge in [-0.05, 0) is 55.7 Å². The molecule has 2 atom stereocenters. The summed E-state index contributed by atoms with van der Waals surface area (Å²) in [4.78, 5) is 32.4. The van der Waals surface area contributed by atoms with Crippen LogP contribution in [0.5, 0.6) is 5.75 Å². The Morgan fingerprint density at radius 2 is 2.00 bits per heavy atom. The summed E-state index contributed by atoms with van der Waals surface area (Å²) in [6.45, 7) is 3.47. The molecule has 1 spiro atoms. The SMILES string of the molecule is CNC(=O)C1CCCC2(CCN(c3cc(Nc4cc(OC(F)(F)F)ccn4)nc(-c4cnccc4C)n3)C2)C1. The highest BCUT2D eigenvalue weighted by molar-refractivity contribution is 5.78. The minimum Gasteiger partial charge on any atom is -0.406 e. The van der Waals surface area contributed by atoms with Crippen molar-refractivity contribution in [3.8, 4) is 17.1 Å². The predicted molar refractivity (Wildman–Crippen MR) is 139 cm³/mol. The summed E-state index contributed by atoms with van der Waals surface area (Å²) in [5, 5.41) is 5.81. The summed E-state index contributed by atoms with van der Waals surface area (Å²) < 4.78 is 42.2. The zero-order chi connectivity index (χ0) is 27.6. The molecule has 206 valence electrons. The molecule has 1 aliphatic carbocycles. The molecule has 4 heterocycles. The molecule has 12 heteroatoms. The number of rotatable bonds is 6. The average Bonchev–Trinajstić information content (AvgIpc) is 3.30. The number of alkyl halides is 3. The summed E-state index contributed by atoms with van der Waals surface area (Å²) in [5.74, 6) is 1.37. The molecule has 2 N–H and O–H groups in total. The number of aryl methyl sites for hydroxylation is 1. The van der Waals surface area contributed by atoms with E-state index in [9.17, 15) is 18.0 Å². The van der Waals surface area contributed by atoms with Crippen molar-refractivity contribution in [2.45, 2.75) is 45.4 Å². The molecule has 2 unspecified atom stereocenters. The lowest BCUT2D eigenvalue weighted by atomic mass is 9.69. The lowest BCUT2D eigenvalue weighted by molar-refractivity contribution is -0.274. The maximum absolute atomic E-state index is 12.7. The quantitative estimate of drug-likeness (QED) is 0.449. The van der Waals surface area contributed by atoms with E-state index in [2.05, 4.69) is 35.2 Å². The first-order valence-electron chi connectivity index (χ1n) is 12.9. The Hall–Kier alpha value is -3.96. The molecule has 0 radical (unpaired) electrons. The standard InChI is InChI=1S/C27H30F3N7O2/c1-17-5-9-32-15-20(17)24-35-22(34-21-12-19(6-10-33-21)39-27(28,29)30)13-23(36-24)37-11-8-26(16-37)7-3-4-18(14-26)25(38)31-2/h5-6,9-10,12-13,15,18H,3-4,7-8,11,14,16H2,1-2H3,(H,31,38)(H,33,34,35,36). The number of nitrogens with one attached hydrogen (secondary N) is 2. The zero-order valence-corrected chi connectivity index (χ0v) is 21.8. The Morgan fingerprint density at radius 1 is 1.15 bits per heavy atom. The predicted octanol–water partition coefficient (Wildman–Crippen LogP) is 5.02. The van der Waals surface area contributed by atoms with E-state index in [-0.39, 0.29) is 28.8 Å². The van der Waals surface area contributed by atoms with E-state index in [1.165, 1.54) is 6.20 Å². The molecule has 5 rings (SSSR count). The lowest BCUT2D eigenvalue weighted by Crippen LogP contribution is -2.38. The Bertz CT molecular complexity index is 1350. The van der Waals surface area contributed by atoms with Gasteiger partial charge in [-0.15, -0.1) is 13.2 Å². The van der Waals surface area contributed by atoms with Gasteiger partial charge in [0.15, 0.2) is 5.82 Å². The van der Waals surface area contributed by atoms with Crippen molar-refractivity contribution in [1.82, 2.24) is 25.3 Å². The minimum atomic E-state index is -4.81. The second-order valence-corrected chi connectivity index (χ2v) is 10.3. The zero-order valence-electron chi connectivity index (χ0n) is 21.8. The molecule has 9 nitrogen and oxygen atoms in total. The highest BCUT2D eigenvalue weighted by Gasteiger charge is 2.44. The van der Waals surface area contributed by atoms with Crippen molar-refractivity contribution >= 4 is 23.4 Å². The van der Waals surface area contributed by atoms with Crippen LogP contribution in [0.15, 0.2) is 42.9 Å². The molecule has 3 aromatic heterocycles. The number of ether oxygens (including phenoxy) is 1. The van der Waals surface area contributed by atoms with E-state index in [0.29, 0.717) is 17.5 Å². The Balaban J connectivity index is 1.45. The average molecular weight is 542 g/mol. The molecule has 2 fully saturated rings. The number of carbonyl (C=O) groups is 1. The number of nitrogens with zero attached hydrogens (tertiary/aromatic N) is 5. The second-order valence-electron chi connectivity index (χ2n) is 10.3. The number of aromatic nitrogens is 4. The van der Waals surface area contributed by atoms with Gasteiger partial charge in [0.05, 0.1) is 0 Å². The number of carbonyl (C=O) groups excluding carboxylic acids is 1. The third-order valence-corrected chi connectivity index (χ3v) is 7.53. The normalized spacial score (nSPS) is 21.2. The van der Waals surface area contributed by atoms with Crippen molar-refractivity contribution in [1.29, 1.82) is 0 Å². The van der Waals surface area contributed by atoms with Crippen molar-refractivity contribution in [3.05, 3.63) is 48.4 Å². The fourth-order valence-corrected chi connectivity index (χ4v) is 5.67. The highest BCUT2D eigenvalue weighted by Crippen LogP contribution is 2.47. The third-order valence-electron chi connectivity index (χ3n) is 7.53. The van der Waals surface area contributed by atoms with Gasteiger partial charge in [0.25, 0.3) is 0 Å². The van der Waals surface area contributed by atoms with Crippen LogP contribution in [-0.2, 0) is 4.79 Å². The smallest absolute Gasteiger partial charge is 0.406 e. The number of anilines is 3. The monoisotopic (exact) mass is 541 g/mol. The highest BCUT2D eigenvalue weighted by atomic mass is 19.4. The topological polar surface area (TPSA) is 105 Å². The van der Waals surface area contributed by atoms with Crippen molar-refractivity contribution < 1.29 is 22.7 Å². The molecule has 1 saturated carbocycles. The molecule has 2 aliphatic rings. The Morgan fingerprint density at radius 3 is 2.77 bits per heavy atom. The minimum absolute atomic E-state index is 0.0113. The van der Waals surface area contributed by atoms with Gasteiger partial charge in [-0.1, -0.05) is 6.42 Å². The van der Waals surface area contributed by atoms with Crippen LogP contribution in [0.4, 0.5) is 30.6 Å². The van der Waals surface area contributed by atoms with E-state index in [0.717, 1.165) is 68.5 Å². The van der Waals surface area contributed by atoms with E-state index in [1.54, 1.807) is 25.5 Å². The molecule has 1 aliphatic heterocycles. The van der Waals surface area contributed by atoms with Crippen molar-refractivity contribution in [2.75, 3.05) is 30.4 Å². The van der Waals surface area contributed by atoms with Crippen LogP contribution in [0.3, 0.4) is 0 Å². The van der Waals surface area contributed by atoms with Gasteiger partial charge in [0, 0.05) is 62.3 Å². The Labute approximate surface area is 224 Å². The van der Waals surface area contributed by atoms with E-state index in [4.69, 9.17) is 4.98 Å². The van der Waals surface area contributed by atoms with Crippen LogP contribution in [0.1, 0.15) is 37.7 Å². The van der Waals surface area contributed by atoms with Gasteiger partial charge in [0.1, 0.15) is 23.2 Å². The maximum Gasteiger partial charge on any atom is 0.573 e. The van der Waals surface area contributed by atoms with Crippen molar-refractivity contribution in [2.24, 2.45) is 11.3 Å². The van der Waals surface area contributed by atoms with E-state index in [1.807, 2.05) is 13.0 Å². The molecule has 1 amide bonds. The van der Waals surface area contributed by atoms with Gasteiger partial charge in [-0.2, -0.15) is 0 Å². The number of hydrogen-bond donors (Lipinski definition) is 2. The summed E-state index contributed by atoms with van der Waals surface area (Å²) in [6, 6.07) is 5.93. The number of pyridine rings is 2. The second kappa shape index (κ2) is 10.7. The van der Waals surface area contributed by atoms with Crippen LogP contribution in [0.2, 0.25) is 0 Å². The number of amides is 1. The first kappa shape index (κ1) is 26.6. The molecule has 1 saturated heterocycles. The van der Waals surface area contributed by atoms with Crippen LogP contribution < -0.4 is 20.3 Å². The maximum atomic E-state index is 12.7. The summed E-state index contributed by atoms with van der Waals surface area (Å²) in [5.41, 5.74) is 1.71. The first-order chi connectivity index (χ1) is 18.6. The summed E-state index contributed by atoms with van der Waals surface area (Å²) in [7, 11) is 1.68. The van der Waals surface area contributed by atoms with Gasteiger partial charge in [-0.3, -0.25) is 9.78 Å². The fourth-order valence-electron chi connectivity index (χ4n) is 5.67. The summed E-state index contributed by atoms with van der Waals surface area (Å²) >= 11 is 0.